The number of anilines is 2. The van der Waals surface area contributed by atoms with Crippen molar-refractivity contribution in [1.29, 1.82) is 0 Å². The second kappa shape index (κ2) is 5.85. The molecule has 1 aliphatic heterocycles. The molecule has 0 radical (unpaired) electrons. The molecule has 2 aromatic carbocycles. The number of nitrogens with two attached hydrogens (primary N) is 1. The van der Waals surface area contributed by atoms with Crippen molar-refractivity contribution in [3.8, 4) is 0 Å². The van der Waals surface area contributed by atoms with Crippen molar-refractivity contribution in [2.75, 3.05) is 17.2 Å². The van der Waals surface area contributed by atoms with E-state index in [9.17, 15) is 10.1 Å². The molecule has 0 aromatic heterocycles. The Morgan fingerprint density at radius 2 is 2.14 bits per heavy atom. The third-order valence-corrected chi connectivity index (χ3v) is 4.35. The van der Waals surface area contributed by atoms with Gasteiger partial charge < -0.3 is 10.6 Å². The molecule has 114 valence electrons. The number of rotatable bonds is 3. The summed E-state index contributed by atoms with van der Waals surface area (Å²) in [6.07, 6.45) is 1.97. The van der Waals surface area contributed by atoms with E-state index in [0.717, 1.165) is 41.9 Å². The van der Waals surface area contributed by atoms with E-state index in [4.69, 9.17) is 17.3 Å². The summed E-state index contributed by atoms with van der Waals surface area (Å²) in [5.41, 5.74) is 9.90. The number of benzene rings is 2. The van der Waals surface area contributed by atoms with Crippen LogP contribution in [-0.2, 0) is 13.0 Å². The van der Waals surface area contributed by atoms with Crippen LogP contribution in [-0.4, -0.2) is 11.5 Å². The Hall–Kier alpha value is -2.27. The van der Waals surface area contributed by atoms with Gasteiger partial charge in [-0.05, 0) is 42.2 Å². The van der Waals surface area contributed by atoms with Crippen molar-refractivity contribution in [3.05, 3.63) is 62.7 Å². The lowest BCUT2D eigenvalue weighted by Crippen LogP contribution is -2.29. The number of hydrogen-bond acceptors (Lipinski definition) is 4. The van der Waals surface area contributed by atoms with Crippen molar-refractivity contribution >= 4 is 28.7 Å². The number of hydrogen-bond donors (Lipinski definition) is 1. The highest BCUT2D eigenvalue weighted by Crippen LogP contribution is 2.33. The Bertz CT molecular complexity index is 733. The lowest BCUT2D eigenvalue weighted by Gasteiger charge is -2.32. The summed E-state index contributed by atoms with van der Waals surface area (Å²) in [7, 11) is 0. The zero-order valence-corrected chi connectivity index (χ0v) is 12.7. The molecule has 0 amide bonds. The summed E-state index contributed by atoms with van der Waals surface area (Å²) >= 11 is 6.20. The van der Waals surface area contributed by atoms with Crippen molar-refractivity contribution in [1.82, 2.24) is 0 Å². The van der Waals surface area contributed by atoms with Gasteiger partial charge in [-0.15, -0.1) is 0 Å². The van der Waals surface area contributed by atoms with E-state index in [0.29, 0.717) is 11.6 Å². The molecule has 1 heterocycles. The fraction of sp³-hybridized carbons (Fsp3) is 0.250. The van der Waals surface area contributed by atoms with Crippen LogP contribution in [0.1, 0.15) is 17.5 Å². The molecule has 0 spiro atoms. The zero-order valence-electron chi connectivity index (χ0n) is 12.0. The van der Waals surface area contributed by atoms with Gasteiger partial charge in [-0.1, -0.05) is 17.7 Å². The highest BCUT2D eigenvalue weighted by molar-refractivity contribution is 6.31. The molecular weight excluding hydrogens is 302 g/mol. The summed E-state index contributed by atoms with van der Waals surface area (Å²) in [6.45, 7) is 1.42. The van der Waals surface area contributed by atoms with Crippen LogP contribution in [0.5, 0.6) is 0 Å². The molecule has 22 heavy (non-hydrogen) atoms. The molecule has 2 aromatic rings. The van der Waals surface area contributed by atoms with Crippen molar-refractivity contribution in [3.63, 3.8) is 0 Å². The molecule has 0 unspecified atom stereocenters. The average molecular weight is 318 g/mol. The number of fused-ring (bicyclic) bond motifs is 1. The van der Waals surface area contributed by atoms with Gasteiger partial charge in [0.05, 0.1) is 4.92 Å². The molecule has 6 heteroatoms. The SMILES string of the molecule is Nc1cccc2c1CCCN2Cc1cc([N+](=O)[O-])ccc1Cl. The predicted molar refractivity (Wildman–Crippen MR) is 88.3 cm³/mol. The van der Waals surface area contributed by atoms with Crippen LogP contribution in [0.3, 0.4) is 0 Å². The monoisotopic (exact) mass is 317 g/mol. The van der Waals surface area contributed by atoms with Gasteiger partial charge in [-0.2, -0.15) is 0 Å². The predicted octanol–water partition coefficient (Wildman–Crippen LogP) is 3.78. The summed E-state index contributed by atoms with van der Waals surface area (Å²) in [4.78, 5) is 12.7. The fourth-order valence-electron chi connectivity index (χ4n) is 2.89. The number of nitrogens with zero attached hydrogens (tertiary/aromatic N) is 2. The fourth-order valence-corrected chi connectivity index (χ4v) is 3.07. The molecular formula is C16H16ClN3O2. The van der Waals surface area contributed by atoms with Crippen LogP contribution in [0.4, 0.5) is 17.1 Å². The molecule has 1 aliphatic rings. The Morgan fingerprint density at radius 1 is 1.32 bits per heavy atom. The molecule has 3 rings (SSSR count). The summed E-state index contributed by atoms with van der Waals surface area (Å²) in [5.74, 6) is 0. The molecule has 0 fully saturated rings. The van der Waals surface area contributed by atoms with Crippen molar-refractivity contribution < 1.29 is 4.92 Å². The van der Waals surface area contributed by atoms with Crippen molar-refractivity contribution in [2.45, 2.75) is 19.4 Å². The minimum atomic E-state index is -0.401. The van der Waals surface area contributed by atoms with E-state index in [1.807, 2.05) is 18.2 Å². The van der Waals surface area contributed by atoms with Gasteiger partial charge >= 0.3 is 0 Å². The van der Waals surface area contributed by atoms with E-state index in [1.54, 1.807) is 12.1 Å². The van der Waals surface area contributed by atoms with Gasteiger partial charge in [0, 0.05) is 41.6 Å². The molecule has 0 atom stereocenters. The van der Waals surface area contributed by atoms with Crippen LogP contribution in [0.15, 0.2) is 36.4 Å². The Labute approximate surface area is 133 Å². The first kappa shape index (κ1) is 14.7. The van der Waals surface area contributed by atoms with E-state index in [-0.39, 0.29) is 5.69 Å². The smallest absolute Gasteiger partial charge is 0.269 e. The summed E-state index contributed by atoms with van der Waals surface area (Å²) < 4.78 is 0. The van der Waals surface area contributed by atoms with Gasteiger partial charge in [0.2, 0.25) is 0 Å². The van der Waals surface area contributed by atoms with Crippen LogP contribution in [0, 0.1) is 10.1 Å². The first-order valence-electron chi connectivity index (χ1n) is 7.11. The summed E-state index contributed by atoms with van der Waals surface area (Å²) in [6, 6.07) is 10.4. The van der Waals surface area contributed by atoms with Crippen LogP contribution >= 0.6 is 11.6 Å². The summed E-state index contributed by atoms with van der Waals surface area (Å²) in [5, 5.41) is 11.5. The minimum absolute atomic E-state index is 0.0595. The standard InChI is InChI=1S/C16H16ClN3O2/c17-14-7-6-12(20(21)22)9-11(14)10-19-8-2-3-13-15(18)4-1-5-16(13)19/h1,4-7,9H,2-3,8,10,18H2. The van der Waals surface area contributed by atoms with Gasteiger partial charge in [0.1, 0.15) is 0 Å². The normalized spacial score (nSPS) is 13.8. The van der Waals surface area contributed by atoms with Crippen LogP contribution < -0.4 is 10.6 Å². The second-order valence-electron chi connectivity index (χ2n) is 5.40. The third kappa shape index (κ3) is 2.72. The lowest BCUT2D eigenvalue weighted by atomic mass is 9.99. The van der Waals surface area contributed by atoms with Crippen molar-refractivity contribution in [2.24, 2.45) is 0 Å². The number of nitro benzene ring substituents is 1. The third-order valence-electron chi connectivity index (χ3n) is 3.98. The van der Waals surface area contributed by atoms with E-state index in [1.165, 1.54) is 6.07 Å². The Morgan fingerprint density at radius 3 is 2.91 bits per heavy atom. The van der Waals surface area contributed by atoms with E-state index >= 15 is 0 Å². The first-order chi connectivity index (χ1) is 10.6. The number of nitrogen functional groups attached to an aromatic ring is 1. The second-order valence-corrected chi connectivity index (χ2v) is 5.81. The highest BCUT2D eigenvalue weighted by Gasteiger charge is 2.20. The van der Waals surface area contributed by atoms with Gasteiger partial charge in [0.25, 0.3) is 5.69 Å². The van der Waals surface area contributed by atoms with Crippen LogP contribution in [0.2, 0.25) is 5.02 Å². The lowest BCUT2D eigenvalue weighted by molar-refractivity contribution is -0.384. The first-order valence-corrected chi connectivity index (χ1v) is 7.49. The number of halogens is 1. The number of nitro groups is 1. The molecule has 2 N–H and O–H groups in total. The molecule has 0 bridgehead atoms. The minimum Gasteiger partial charge on any atom is -0.398 e. The zero-order chi connectivity index (χ0) is 15.7. The Balaban J connectivity index is 1.94. The van der Waals surface area contributed by atoms with Gasteiger partial charge in [0.15, 0.2) is 0 Å². The Kier molecular flexibility index (Phi) is 3.90. The maximum Gasteiger partial charge on any atom is 0.269 e. The number of non-ortho nitro benzene ring substituents is 1. The van der Waals surface area contributed by atoms with E-state index < -0.39 is 4.92 Å². The van der Waals surface area contributed by atoms with Gasteiger partial charge in [-0.3, -0.25) is 10.1 Å². The topological polar surface area (TPSA) is 72.4 Å². The van der Waals surface area contributed by atoms with Gasteiger partial charge in [-0.25, -0.2) is 0 Å². The highest BCUT2D eigenvalue weighted by atomic mass is 35.5. The quantitative estimate of drug-likeness (QED) is 0.531. The average Bonchev–Trinajstić information content (AvgIpc) is 2.50. The van der Waals surface area contributed by atoms with E-state index in [2.05, 4.69) is 4.90 Å². The maximum absolute atomic E-state index is 10.9. The largest absolute Gasteiger partial charge is 0.398 e. The molecule has 5 nitrogen and oxygen atoms in total. The molecule has 0 saturated carbocycles. The molecule has 0 saturated heterocycles. The molecule has 0 aliphatic carbocycles. The van der Waals surface area contributed by atoms with Crippen LogP contribution in [0.25, 0.3) is 0 Å². The maximum atomic E-state index is 10.9.